The molecule has 3 nitrogen and oxygen atoms in total. The summed E-state index contributed by atoms with van der Waals surface area (Å²) in [6.45, 7) is 7.54. The van der Waals surface area contributed by atoms with Crippen molar-refractivity contribution in [2.45, 2.75) is 26.2 Å². The molecule has 14 heavy (non-hydrogen) atoms. The van der Waals surface area contributed by atoms with E-state index in [2.05, 4.69) is 18.8 Å². The Balaban J connectivity index is 3.42. The van der Waals surface area contributed by atoms with Crippen molar-refractivity contribution in [3.8, 4) is 0 Å². The third kappa shape index (κ3) is 7.80. The number of nitrogens with zero attached hydrogens (tertiary/aromatic N) is 1. The van der Waals surface area contributed by atoms with Crippen LogP contribution in [0.5, 0.6) is 0 Å². The maximum atomic E-state index is 11.3. The van der Waals surface area contributed by atoms with Gasteiger partial charge in [0.1, 0.15) is 0 Å². The molecule has 0 saturated carbocycles. The SMILES string of the molecule is C=C(CC)CCC(=O)NCCN(C)C. The van der Waals surface area contributed by atoms with Gasteiger partial charge in [0.2, 0.25) is 5.91 Å². The van der Waals surface area contributed by atoms with Gasteiger partial charge in [-0.15, -0.1) is 0 Å². The standard InChI is InChI=1S/C11H22N2O/c1-5-10(2)6-7-11(14)12-8-9-13(3)4/h2,5-9H2,1,3-4H3,(H,12,14). The van der Waals surface area contributed by atoms with Gasteiger partial charge >= 0.3 is 0 Å². The summed E-state index contributed by atoms with van der Waals surface area (Å²) in [5.74, 6) is 0.126. The molecule has 3 heteroatoms. The lowest BCUT2D eigenvalue weighted by molar-refractivity contribution is -0.121. The molecule has 0 heterocycles. The van der Waals surface area contributed by atoms with Crippen molar-refractivity contribution in [1.29, 1.82) is 0 Å². The molecule has 1 amide bonds. The largest absolute Gasteiger partial charge is 0.355 e. The smallest absolute Gasteiger partial charge is 0.220 e. The summed E-state index contributed by atoms with van der Waals surface area (Å²) >= 11 is 0. The van der Waals surface area contributed by atoms with Crippen molar-refractivity contribution in [3.63, 3.8) is 0 Å². The zero-order chi connectivity index (χ0) is 11.0. The van der Waals surface area contributed by atoms with E-state index in [9.17, 15) is 4.79 Å². The van der Waals surface area contributed by atoms with Crippen molar-refractivity contribution in [2.75, 3.05) is 27.2 Å². The van der Waals surface area contributed by atoms with E-state index in [1.807, 2.05) is 19.0 Å². The minimum absolute atomic E-state index is 0.126. The van der Waals surface area contributed by atoms with Crippen LogP contribution < -0.4 is 5.32 Å². The van der Waals surface area contributed by atoms with Crippen molar-refractivity contribution in [2.24, 2.45) is 0 Å². The molecule has 0 bridgehead atoms. The number of carbonyl (C=O) groups excluding carboxylic acids is 1. The third-order valence-electron chi connectivity index (χ3n) is 2.09. The van der Waals surface area contributed by atoms with E-state index in [1.54, 1.807) is 0 Å². The van der Waals surface area contributed by atoms with Gasteiger partial charge in [0.15, 0.2) is 0 Å². The van der Waals surface area contributed by atoms with E-state index >= 15 is 0 Å². The number of likely N-dealkylation sites (N-methyl/N-ethyl adjacent to an activating group) is 1. The molecular formula is C11H22N2O. The van der Waals surface area contributed by atoms with Gasteiger partial charge in [-0.2, -0.15) is 0 Å². The van der Waals surface area contributed by atoms with Crippen LogP contribution in [0.15, 0.2) is 12.2 Å². The first kappa shape index (κ1) is 13.2. The number of amides is 1. The van der Waals surface area contributed by atoms with E-state index in [-0.39, 0.29) is 5.91 Å². The summed E-state index contributed by atoms with van der Waals surface area (Å²) in [6, 6.07) is 0. The van der Waals surface area contributed by atoms with Crippen molar-refractivity contribution in [1.82, 2.24) is 10.2 Å². The molecule has 0 aromatic carbocycles. The molecule has 0 aliphatic heterocycles. The predicted molar refractivity (Wildman–Crippen MR) is 60.2 cm³/mol. The monoisotopic (exact) mass is 198 g/mol. The summed E-state index contributed by atoms with van der Waals surface area (Å²) in [6.07, 6.45) is 2.34. The van der Waals surface area contributed by atoms with E-state index in [0.717, 1.165) is 31.5 Å². The van der Waals surface area contributed by atoms with Crippen LogP contribution in [0.3, 0.4) is 0 Å². The van der Waals surface area contributed by atoms with E-state index in [1.165, 1.54) is 0 Å². The fourth-order valence-electron chi connectivity index (χ4n) is 0.974. The second kappa shape index (κ2) is 7.56. The molecule has 0 atom stereocenters. The molecule has 0 aliphatic carbocycles. The summed E-state index contributed by atoms with van der Waals surface area (Å²) in [5, 5.41) is 2.87. The van der Waals surface area contributed by atoms with Gasteiger partial charge in [-0.05, 0) is 26.9 Å². The van der Waals surface area contributed by atoms with Gasteiger partial charge in [-0.25, -0.2) is 0 Å². The third-order valence-corrected chi connectivity index (χ3v) is 2.09. The zero-order valence-corrected chi connectivity index (χ0v) is 9.60. The highest BCUT2D eigenvalue weighted by atomic mass is 16.1. The number of rotatable bonds is 7. The Bertz CT molecular complexity index is 188. The lowest BCUT2D eigenvalue weighted by Crippen LogP contribution is -2.31. The fourth-order valence-corrected chi connectivity index (χ4v) is 0.974. The summed E-state index contributed by atoms with van der Waals surface area (Å²) in [7, 11) is 3.98. The second-order valence-electron chi connectivity index (χ2n) is 3.76. The minimum Gasteiger partial charge on any atom is -0.355 e. The lowest BCUT2D eigenvalue weighted by atomic mass is 10.1. The molecule has 0 rings (SSSR count). The molecule has 0 aromatic heterocycles. The van der Waals surface area contributed by atoms with E-state index < -0.39 is 0 Å². The summed E-state index contributed by atoms with van der Waals surface area (Å²) < 4.78 is 0. The maximum absolute atomic E-state index is 11.3. The highest BCUT2D eigenvalue weighted by Crippen LogP contribution is 2.05. The van der Waals surface area contributed by atoms with Crippen LogP contribution in [0.4, 0.5) is 0 Å². The summed E-state index contributed by atoms with van der Waals surface area (Å²) in [5.41, 5.74) is 1.15. The van der Waals surface area contributed by atoms with Crippen molar-refractivity contribution < 1.29 is 4.79 Å². The first-order valence-corrected chi connectivity index (χ1v) is 5.14. The number of hydrogen-bond donors (Lipinski definition) is 1. The van der Waals surface area contributed by atoms with Crippen LogP contribution >= 0.6 is 0 Å². The van der Waals surface area contributed by atoms with Crippen LogP contribution in [-0.2, 0) is 4.79 Å². The molecule has 0 fully saturated rings. The van der Waals surface area contributed by atoms with Crippen LogP contribution in [-0.4, -0.2) is 38.0 Å². The number of carbonyl (C=O) groups is 1. The molecular weight excluding hydrogens is 176 g/mol. The normalized spacial score (nSPS) is 10.3. The quantitative estimate of drug-likeness (QED) is 0.627. The van der Waals surface area contributed by atoms with Gasteiger partial charge in [0, 0.05) is 19.5 Å². The van der Waals surface area contributed by atoms with Gasteiger partial charge in [0.05, 0.1) is 0 Å². The molecule has 0 spiro atoms. The average molecular weight is 198 g/mol. The van der Waals surface area contributed by atoms with E-state index in [0.29, 0.717) is 6.42 Å². The fraction of sp³-hybridized carbons (Fsp3) is 0.727. The molecule has 0 aliphatic rings. The first-order chi connectivity index (χ1) is 6.56. The topological polar surface area (TPSA) is 32.3 Å². The average Bonchev–Trinajstić information content (AvgIpc) is 2.13. The minimum atomic E-state index is 0.126. The van der Waals surface area contributed by atoms with Gasteiger partial charge < -0.3 is 10.2 Å². The number of allylic oxidation sites excluding steroid dienone is 1. The molecule has 0 unspecified atom stereocenters. The zero-order valence-electron chi connectivity index (χ0n) is 9.60. The maximum Gasteiger partial charge on any atom is 0.220 e. The summed E-state index contributed by atoms with van der Waals surface area (Å²) in [4.78, 5) is 13.3. The van der Waals surface area contributed by atoms with Crippen molar-refractivity contribution >= 4 is 5.91 Å². The van der Waals surface area contributed by atoms with Crippen LogP contribution in [0.2, 0.25) is 0 Å². The second-order valence-corrected chi connectivity index (χ2v) is 3.76. The molecule has 0 aromatic rings. The Kier molecular flexibility index (Phi) is 7.11. The molecule has 82 valence electrons. The Morgan fingerprint density at radius 1 is 1.36 bits per heavy atom. The van der Waals surface area contributed by atoms with Gasteiger partial charge in [-0.1, -0.05) is 19.1 Å². The Labute approximate surface area is 87.2 Å². The molecule has 0 radical (unpaired) electrons. The lowest BCUT2D eigenvalue weighted by Gasteiger charge is -2.10. The van der Waals surface area contributed by atoms with Gasteiger partial charge in [-0.3, -0.25) is 4.79 Å². The van der Waals surface area contributed by atoms with E-state index in [4.69, 9.17) is 0 Å². The molecule has 1 N–H and O–H groups in total. The Hall–Kier alpha value is -0.830. The van der Waals surface area contributed by atoms with Crippen LogP contribution in [0, 0.1) is 0 Å². The molecule has 0 saturated heterocycles. The van der Waals surface area contributed by atoms with Crippen molar-refractivity contribution in [3.05, 3.63) is 12.2 Å². The first-order valence-electron chi connectivity index (χ1n) is 5.14. The highest BCUT2D eigenvalue weighted by Gasteiger charge is 2.01. The van der Waals surface area contributed by atoms with Crippen LogP contribution in [0.1, 0.15) is 26.2 Å². The van der Waals surface area contributed by atoms with Gasteiger partial charge in [0.25, 0.3) is 0 Å². The van der Waals surface area contributed by atoms with Crippen LogP contribution in [0.25, 0.3) is 0 Å². The highest BCUT2D eigenvalue weighted by molar-refractivity contribution is 5.76. The number of nitrogens with one attached hydrogen (secondary N) is 1. The Morgan fingerprint density at radius 2 is 2.00 bits per heavy atom. The Morgan fingerprint density at radius 3 is 2.50 bits per heavy atom. The number of hydrogen-bond acceptors (Lipinski definition) is 2. The predicted octanol–water partition coefficient (Wildman–Crippen LogP) is 1.41.